The van der Waals surface area contributed by atoms with E-state index in [2.05, 4.69) is 17.6 Å². The van der Waals surface area contributed by atoms with E-state index in [9.17, 15) is 4.79 Å². The number of imidazole rings is 1. The number of carbonyl (C=O) groups excluding carboxylic acids is 1. The van der Waals surface area contributed by atoms with Crippen molar-refractivity contribution < 1.29 is 9.21 Å². The number of carbonyl (C=O) groups is 1. The van der Waals surface area contributed by atoms with Crippen LogP contribution >= 0.6 is 0 Å². The summed E-state index contributed by atoms with van der Waals surface area (Å²) in [4.78, 5) is 19.0. The molecule has 3 heterocycles. The molecule has 5 nitrogen and oxygen atoms in total. The number of likely N-dealkylation sites (tertiary alicyclic amines) is 1. The van der Waals surface area contributed by atoms with Crippen LogP contribution < -0.4 is 0 Å². The van der Waals surface area contributed by atoms with Crippen LogP contribution in [0.5, 0.6) is 0 Å². The van der Waals surface area contributed by atoms with Gasteiger partial charge in [-0.1, -0.05) is 12.1 Å². The Balaban J connectivity index is 1.63. The molecule has 0 N–H and O–H groups in total. The number of nitrogens with zero attached hydrogens (tertiary/aromatic N) is 3. The van der Waals surface area contributed by atoms with Crippen molar-refractivity contribution in [3.8, 4) is 0 Å². The Morgan fingerprint density at radius 2 is 2.13 bits per heavy atom. The highest BCUT2D eigenvalue weighted by Gasteiger charge is 2.34. The lowest BCUT2D eigenvalue weighted by Crippen LogP contribution is -2.24. The van der Waals surface area contributed by atoms with E-state index in [1.54, 1.807) is 6.26 Å². The van der Waals surface area contributed by atoms with Crippen LogP contribution in [0, 0.1) is 0 Å². The number of furan rings is 1. The second-order valence-corrected chi connectivity index (χ2v) is 5.96. The van der Waals surface area contributed by atoms with Crippen LogP contribution in [0.4, 0.5) is 0 Å². The maximum Gasteiger partial charge on any atom is 0.223 e. The minimum atomic E-state index is 0.143. The summed E-state index contributed by atoms with van der Waals surface area (Å²) in [5.74, 6) is 2.15. The molecule has 0 unspecified atom stereocenters. The van der Waals surface area contributed by atoms with Crippen molar-refractivity contribution in [2.45, 2.75) is 32.4 Å². The highest BCUT2D eigenvalue weighted by Crippen LogP contribution is 2.31. The minimum Gasteiger partial charge on any atom is -0.467 e. The third kappa shape index (κ3) is 2.42. The highest BCUT2D eigenvalue weighted by atomic mass is 16.3. The quantitative estimate of drug-likeness (QED) is 0.744. The van der Waals surface area contributed by atoms with Crippen LogP contribution in [0.1, 0.15) is 30.8 Å². The lowest BCUT2D eigenvalue weighted by molar-refractivity contribution is -0.128. The number of hydrogen-bond acceptors (Lipinski definition) is 3. The molecule has 4 rings (SSSR count). The molecule has 1 fully saturated rings. The Morgan fingerprint density at radius 3 is 2.91 bits per heavy atom. The summed E-state index contributed by atoms with van der Waals surface area (Å²) >= 11 is 0. The van der Waals surface area contributed by atoms with E-state index in [-0.39, 0.29) is 11.8 Å². The van der Waals surface area contributed by atoms with Gasteiger partial charge in [-0.15, -0.1) is 0 Å². The normalized spacial score (nSPS) is 18.2. The molecule has 0 aliphatic carbocycles. The largest absolute Gasteiger partial charge is 0.467 e. The molecule has 1 atom stereocenters. The maximum absolute atomic E-state index is 12.3. The summed E-state index contributed by atoms with van der Waals surface area (Å²) in [7, 11) is 0. The van der Waals surface area contributed by atoms with Crippen molar-refractivity contribution in [2.24, 2.45) is 0 Å². The van der Waals surface area contributed by atoms with Gasteiger partial charge in [-0.25, -0.2) is 4.98 Å². The molecule has 0 spiro atoms. The van der Waals surface area contributed by atoms with Crippen LogP contribution in [0.15, 0.2) is 47.1 Å². The number of hydrogen-bond donors (Lipinski definition) is 0. The van der Waals surface area contributed by atoms with Crippen molar-refractivity contribution in [3.63, 3.8) is 0 Å². The van der Waals surface area contributed by atoms with Crippen molar-refractivity contribution in [2.75, 3.05) is 6.54 Å². The summed E-state index contributed by atoms with van der Waals surface area (Å²) in [6.45, 7) is 4.21. The molecular formula is C18H19N3O2. The summed E-state index contributed by atoms with van der Waals surface area (Å²) in [5, 5.41) is 0. The molecule has 5 heteroatoms. The van der Waals surface area contributed by atoms with Crippen molar-refractivity contribution in [1.29, 1.82) is 0 Å². The Hall–Kier alpha value is -2.56. The molecule has 1 aromatic carbocycles. The van der Waals surface area contributed by atoms with E-state index >= 15 is 0 Å². The fraction of sp³-hybridized carbons (Fsp3) is 0.333. The first-order chi connectivity index (χ1) is 11.3. The number of benzene rings is 1. The fourth-order valence-electron chi connectivity index (χ4n) is 3.43. The Bertz CT molecular complexity index is 835. The van der Waals surface area contributed by atoms with Crippen LogP contribution in [0.2, 0.25) is 0 Å². The van der Waals surface area contributed by atoms with Gasteiger partial charge in [0.2, 0.25) is 5.91 Å². The first kappa shape index (κ1) is 14.1. The van der Waals surface area contributed by atoms with Crippen molar-refractivity contribution in [3.05, 3.63) is 54.2 Å². The van der Waals surface area contributed by atoms with Crippen molar-refractivity contribution >= 4 is 16.9 Å². The summed E-state index contributed by atoms with van der Waals surface area (Å²) in [6.07, 6.45) is 2.16. The average molecular weight is 309 g/mol. The number of rotatable bonds is 4. The average Bonchev–Trinajstić information content (AvgIpc) is 3.27. The molecule has 1 amide bonds. The smallest absolute Gasteiger partial charge is 0.223 e. The highest BCUT2D eigenvalue weighted by molar-refractivity contribution is 5.80. The van der Waals surface area contributed by atoms with Gasteiger partial charge in [0.25, 0.3) is 0 Å². The zero-order chi connectivity index (χ0) is 15.8. The van der Waals surface area contributed by atoms with Gasteiger partial charge in [0.1, 0.15) is 11.6 Å². The topological polar surface area (TPSA) is 51.3 Å². The van der Waals surface area contributed by atoms with E-state index in [0.29, 0.717) is 19.5 Å². The van der Waals surface area contributed by atoms with Gasteiger partial charge in [0.05, 0.1) is 23.8 Å². The molecule has 23 heavy (non-hydrogen) atoms. The lowest BCUT2D eigenvalue weighted by Gasteiger charge is -2.15. The van der Waals surface area contributed by atoms with Crippen LogP contribution in [-0.4, -0.2) is 26.9 Å². The van der Waals surface area contributed by atoms with Crippen molar-refractivity contribution in [1.82, 2.24) is 14.5 Å². The van der Waals surface area contributed by atoms with E-state index in [4.69, 9.17) is 9.40 Å². The molecule has 1 saturated heterocycles. The van der Waals surface area contributed by atoms with Gasteiger partial charge in [0.15, 0.2) is 0 Å². The van der Waals surface area contributed by atoms with E-state index in [0.717, 1.165) is 29.2 Å². The van der Waals surface area contributed by atoms with Gasteiger partial charge >= 0.3 is 0 Å². The molecule has 0 saturated carbocycles. The Kier molecular flexibility index (Phi) is 3.41. The number of para-hydroxylation sites is 2. The predicted octanol–water partition coefficient (Wildman–Crippen LogP) is 3.17. The fourth-order valence-corrected chi connectivity index (χ4v) is 3.43. The monoisotopic (exact) mass is 309 g/mol. The molecule has 1 aliphatic heterocycles. The van der Waals surface area contributed by atoms with Gasteiger partial charge in [-0.05, 0) is 31.2 Å². The van der Waals surface area contributed by atoms with Crippen LogP contribution in [0.3, 0.4) is 0 Å². The van der Waals surface area contributed by atoms with E-state index in [1.165, 1.54) is 0 Å². The molecular weight excluding hydrogens is 290 g/mol. The number of fused-ring (bicyclic) bond motifs is 1. The maximum atomic E-state index is 12.3. The first-order valence-corrected chi connectivity index (χ1v) is 8.01. The number of aryl methyl sites for hydroxylation is 1. The summed E-state index contributed by atoms with van der Waals surface area (Å²) in [5.41, 5.74) is 2.14. The third-order valence-corrected chi connectivity index (χ3v) is 4.51. The molecule has 118 valence electrons. The lowest BCUT2D eigenvalue weighted by atomic mass is 10.1. The molecule has 2 aromatic heterocycles. The van der Waals surface area contributed by atoms with Gasteiger partial charge < -0.3 is 13.9 Å². The number of amides is 1. The van der Waals surface area contributed by atoms with E-state index < -0.39 is 0 Å². The van der Waals surface area contributed by atoms with Gasteiger partial charge in [0, 0.05) is 25.4 Å². The van der Waals surface area contributed by atoms with Gasteiger partial charge in [-0.3, -0.25) is 4.79 Å². The predicted molar refractivity (Wildman–Crippen MR) is 86.9 cm³/mol. The molecule has 0 bridgehead atoms. The molecule has 1 aliphatic rings. The van der Waals surface area contributed by atoms with Crippen LogP contribution in [0.25, 0.3) is 11.0 Å². The first-order valence-electron chi connectivity index (χ1n) is 8.01. The van der Waals surface area contributed by atoms with Gasteiger partial charge in [-0.2, -0.15) is 0 Å². The summed E-state index contributed by atoms with van der Waals surface area (Å²) in [6, 6.07) is 11.9. The Morgan fingerprint density at radius 1 is 1.26 bits per heavy atom. The zero-order valence-electron chi connectivity index (χ0n) is 13.1. The molecule has 0 radical (unpaired) electrons. The number of aromatic nitrogens is 2. The second kappa shape index (κ2) is 5.57. The van der Waals surface area contributed by atoms with Crippen LogP contribution in [-0.2, 0) is 17.9 Å². The minimum absolute atomic E-state index is 0.143. The zero-order valence-corrected chi connectivity index (χ0v) is 13.1. The standard InChI is InChI=1S/C18H19N3O2/c1-2-21-16-8-4-3-7-15(16)19-18(21)13-10-17(22)20(11-13)12-14-6-5-9-23-14/h3-9,13H,2,10-12H2,1H3/t13-/m0/s1. The SMILES string of the molecule is CCn1c([C@H]2CC(=O)N(Cc3ccco3)C2)nc2ccccc21. The summed E-state index contributed by atoms with van der Waals surface area (Å²) < 4.78 is 7.59. The Labute approximate surface area is 134 Å². The molecule has 3 aromatic rings. The third-order valence-electron chi connectivity index (χ3n) is 4.51. The second-order valence-electron chi connectivity index (χ2n) is 5.96. The van der Waals surface area contributed by atoms with E-state index in [1.807, 2.05) is 35.2 Å².